The molecule has 0 saturated carbocycles. The van der Waals surface area contributed by atoms with Crippen molar-refractivity contribution in [2.45, 2.75) is 33.3 Å². The van der Waals surface area contributed by atoms with E-state index in [1.165, 1.54) is 0 Å². The highest BCUT2D eigenvalue weighted by Gasteiger charge is 2.15. The molecular formula is C16H23NO5. The van der Waals surface area contributed by atoms with E-state index in [9.17, 15) is 9.59 Å². The lowest BCUT2D eigenvalue weighted by molar-refractivity contribution is 0.0514. The van der Waals surface area contributed by atoms with Crippen molar-refractivity contribution in [3.63, 3.8) is 0 Å². The number of esters is 1. The number of nitrogens with one attached hydrogen (secondary N) is 1. The number of benzene rings is 1. The molecule has 1 N–H and O–H groups in total. The Bertz CT molecular complexity index is 508. The van der Waals surface area contributed by atoms with Crippen LogP contribution < -0.4 is 10.1 Å². The molecule has 0 saturated heterocycles. The monoisotopic (exact) mass is 309 g/mol. The zero-order valence-corrected chi connectivity index (χ0v) is 13.5. The number of alkyl carbamates (subject to hydrolysis) is 1. The van der Waals surface area contributed by atoms with Crippen LogP contribution in [0.4, 0.5) is 4.79 Å². The normalized spacial score (nSPS) is 10.7. The fraction of sp³-hybridized carbons (Fsp3) is 0.500. The van der Waals surface area contributed by atoms with Gasteiger partial charge in [0.2, 0.25) is 0 Å². The summed E-state index contributed by atoms with van der Waals surface area (Å²) in [7, 11) is 0. The largest absolute Gasteiger partial charge is 0.492 e. The van der Waals surface area contributed by atoms with E-state index in [1.54, 1.807) is 52.0 Å². The van der Waals surface area contributed by atoms with Crippen molar-refractivity contribution in [1.29, 1.82) is 0 Å². The van der Waals surface area contributed by atoms with Gasteiger partial charge in [-0.05, 0) is 45.9 Å². The molecule has 0 aliphatic carbocycles. The highest BCUT2D eigenvalue weighted by Crippen LogP contribution is 2.14. The number of amides is 1. The Morgan fingerprint density at radius 1 is 1.23 bits per heavy atom. The molecule has 0 unspecified atom stereocenters. The van der Waals surface area contributed by atoms with Gasteiger partial charge in [-0.1, -0.05) is 6.07 Å². The van der Waals surface area contributed by atoms with E-state index in [1.807, 2.05) is 0 Å². The second kappa shape index (κ2) is 8.26. The molecule has 1 amide bonds. The molecule has 1 aromatic carbocycles. The molecule has 0 aliphatic rings. The maximum atomic E-state index is 11.6. The molecule has 0 heterocycles. The minimum Gasteiger partial charge on any atom is -0.492 e. The van der Waals surface area contributed by atoms with Gasteiger partial charge in [0, 0.05) is 0 Å². The van der Waals surface area contributed by atoms with E-state index in [4.69, 9.17) is 14.2 Å². The van der Waals surface area contributed by atoms with Gasteiger partial charge in [-0.25, -0.2) is 9.59 Å². The quantitative estimate of drug-likeness (QED) is 0.646. The third-order valence-corrected chi connectivity index (χ3v) is 2.38. The summed E-state index contributed by atoms with van der Waals surface area (Å²) in [6.45, 7) is 8.03. The molecule has 6 nitrogen and oxygen atoms in total. The van der Waals surface area contributed by atoms with Gasteiger partial charge in [-0.2, -0.15) is 0 Å². The first kappa shape index (κ1) is 17.8. The summed E-state index contributed by atoms with van der Waals surface area (Å²) in [6.07, 6.45) is -0.489. The molecular weight excluding hydrogens is 286 g/mol. The fourth-order valence-electron chi connectivity index (χ4n) is 1.56. The summed E-state index contributed by atoms with van der Waals surface area (Å²) in [5.74, 6) is 0.149. The Balaban J connectivity index is 2.38. The van der Waals surface area contributed by atoms with E-state index in [0.29, 0.717) is 24.5 Å². The van der Waals surface area contributed by atoms with Crippen LogP contribution in [0.3, 0.4) is 0 Å². The van der Waals surface area contributed by atoms with Crippen molar-refractivity contribution in [1.82, 2.24) is 5.32 Å². The van der Waals surface area contributed by atoms with E-state index in [2.05, 4.69) is 5.32 Å². The zero-order valence-electron chi connectivity index (χ0n) is 13.5. The van der Waals surface area contributed by atoms with Crippen LogP contribution in [0.1, 0.15) is 38.1 Å². The van der Waals surface area contributed by atoms with Gasteiger partial charge in [0.15, 0.2) is 0 Å². The Morgan fingerprint density at radius 2 is 1.95 bits per heavy atom. The summed E-state index contributed by atoms with van der Waals surface area (Å²) >= 11 is 0. The van der Waals surface area contributed by atoms with Gasteiger partial charge in [-0.3, -0.25) is 0 Å². The lowest BCUT2D eigenvalue weighted by Crippen LogP contribution is -2.34. The molecule has 1 rings (SSSR count). The van der Waals surface area contributed by atoms with Crippen LogP contribution in [0.25, 0.3) is 0 Å². The van der Waals surface area contributed by atoms with Gasteiger partial charge in [0.25, 0.3) is 0 Å². The van der Waals surface area contributed by atoms with Crippen molar-refractivity contribution in [3.8, 4) is 5.75 Å². The molecule has 0 radical (unpaired) electrons. The first-order valence-electron chi connectivity index (χ1n) is 7.18. The van der Waals surface area contributed by atoms with Gasteiger partial charge >= 0.3 is 12.1 Å². The average Bonchev–Trinajstić information content (AvgIpc) is 2.42. The van der Waals surface area contributed by atoms with Crippen LogP contribution in [0, 0.1) is 0 Å². The first-order valence-corrected chi connectivity index (χ1v) is 7.18. The van der Waals surface area contributed by atoms with Gasteiger partial charge in [-0.15, -0.1) is 0 Å². The molecule has 22 heavy (non-hydrogen) atoms. The maximum Gasteiger partial charge on any atom is 0.407 e. The first-order chi connectivity index (χ1) is 10.3. The molecule has 0 spiro atoms. The molecule has 6 heteroatoms. The standard InChI is InChI=1S/C16H23NO5/c1-5-20-14(18)12-7-6-8-13(11-12)21-10-9-17-15(19)22-16(2,3)4/h6-8,11H,5,9-10H2,1-4H3,(H,17,19). The minimum atomic E-state index is -0.529. The highest BCUT2D eigenvalue weighted by molar-refractivity contribution is 5.89. The van der Waals surface area contributed by atoms with Gasteiger partial charge in [0.05, 0.1) is 18.7 Å². The summed E-state index contributed by atoms with van der Waals surface area (Å²) in [4.78, 5) is 23.0. The van der Waals surface area contributed by atoms with Gasteiger partial charge < -0.3 is 19.5 Å². The molecule has 0 aromatic heterocycles. The number of carbonyl (C=O) groups excluding carboxylic acids is 2. The Kier molecular flexibility index (Phi) is 6.69. The van der Waals surface area contributed by atoms with Crippen LogP contribution in [0.15, 0.2) is 24.3 Å². The van der Waals surface area contributed by atoms with E-state index >= 15 is 0 Å². The molecule has 0 bridgehead atoms. The van der Waals surface area contributed by atoms with Crippen LogP contribution in [0.5, 0.6) is 5.75 Å². The number of ether oxygens (including phenoxy) is 3. The average molecular weight is 309 g/mol. The predicted molar refractivity (Wildman–Crippen MR) is 82.1 cm³/mol. The van der Waals surface area contributed by atoms with E-state index in [-0.39, 0.29) is 12.6 Å². The van der Waals surface area contributed by atoms with E-state index in [0.717, 1.165) is 0 Å². The number of rotatable bonds is 6. The number of carbonyl (C=O) groups is 2. The third-order valence-electron chi connectivity index (χ3n) is 2.38. The summed E-state index contributed by atoms with van der Waals surface area (Å²) in [5, 5.41) is 2.59. The SMILES string of the molecule is CCOC(=O)c1cccc(OCCNC(=O)OC(C)(C)C)c1. The van der Waals surface area contributed by atoms with Crippen molar-refractivity contribution in [2.24, 2.45) is 0 Å². The molecule has 1 aromatic rings. The second-order valence-electron chi connectivity index (χ2n) is 5.53. The molecule has 122 valence electrons. The van der Waals surface area contributed by atoms with Crippen molar-refractivity contribution in [3.05, 3.63) is 29.8 Å². The van der Waals surface area contributed by atoms with Crippen molar-refractivity contribution in [2.75, 3.05) is 19.8 Å². The zero-order chi connectivity index (χ0) is 16.6. The predicted octanol–water partition coefficient (Wildman–Crippen LogP) is 2.77. The highest BCUT2D eigenvalue weighted by atomic mass is 16.6. The molecule has 0 fully saturated rings. The number of hydrogen-bond donors (Lipinski definition) is 1. The van der Waals surface area contributed by atoms with Crippen LogP contribution >= 0.6 is 0 Å². The van der Waals surface area contributed by atoms with Gasteiger partial charge in [0.1, 0.15) is 18.0 Å². The van der Waals surface area contributed by atoms with E-state index < -0.39 is 11.7 Å². The fourth-order valence-corrected chi connectivity index (χ4v) is 1.56. The molecule has 0 atom stereocenters. The summed E-state index contributed by atoms with van der Waals surface area (Å²) < 4.78 is 15.5. The van der Waals surface area contributed by atoms with Crippen molar-refractivity contribution >= 4 is 12.1 Å². The molecule has 0 aliphatic heterocycles. The second-order valence-corrected chi connectivity index (χ2v) is 5.53. The minimum absolute atomic E-state index is 0.269. The van der Waals surface area contributed by atoms with Crippen molar-refractivity contribution < 1.29 is 23.8 Å². The summed E-state index contributed by atoms with van der Waals surface area (Å²) in [6, 6.07) is 6.70. The van der Waals surface area contributed by atoms with Crippen LogP contribution in [-0.4, -0.2) is 37.4 Å². The lowest BCUT2D eigenvalue weighted by Gasteiger charge is -2.19. The Hall–Kier alpha value is -2.24. The van der Waals surface area contributed by atoms with Crippen LogP contribution in [0.2, 0.25) is 0 Å². The smallest absolute Gasteiger partial charge is 0.407 e. The third kappa shape index (κ3) is 6.97. The lowest BCUT2D eigenvalue weighted by atomic mass is 10.2. The maximum absolute atomic E-state index is 11.6. The summed E-state index contributed by atoms with van der Waals surface area (Å²) in [5.41, 5.74) is -0.0988. The number of hydrogen-bond acceptors (Lipinski definition) is 5. The Labute approximate surface area is 130 Å². The Morgan fingerprint density at radius 3 is 2.59 bits per heavy atom. The van der Waals surface area contributed by atoms with Crippen LogP contribution in [-0.2, 0) is 9.47 Å². The topological polar surface area (TPSA) is 73.9 Å².